The van der Waals surface area contributed by atoms with Gasteiger partial charge in [-0.15, -0.1) is 0 Å². The molecule has 2 nitrogen and oxygen atoms in total. The average Bonchev–Trinajstić information content (AvgIpc) is 3.06. The van der Waals surface area contributed by atoms with Crippen molar-refractivity contribution >= 4 is 5.78 Å². The van der Waals surface area contributed by atoms with Gasteiger partial charge in [0.2, 0.25) is 0 Å². The molecule has 2 aromatic carbocycles. The van der Waals surface area contributed by atoms with E-state index >= 15 is 0 Å². The Kier molecular flexibility index (Phi) is 2.35. The third kappa shape index (κ3) is 1.48. The minimum Gasteiger partial charge on any atom is -0.293 e. The molecular formula is C18H12FNO. The summed E-state index contributed by atoms with van der Waals surface area (Å²) in [7, 11) is 0. The quantitative estimate of drug-likeness (QED) is 0.800. The van der Waals surface area contributed by atoms with Gasteiger partial charge in [0.05, 0.1) is 17.4 Å². The summed E-state index contributed by atoms with van der Waals surface area (Å²) in [5.41, 5.74) is 2.01. The lowest BCUT2D eigenvalue weighted by atomic mass is 9.94. The molecule has 2 aromatic rings. The lowest BCUT2D eigenvalue weighted by Crippen LogP contribution is -2.14. The van der Waals surface area contributed by atoms with Crippen molar-refractivity contribution in [1.29, 1.82) is 5.26 Å². The van der Waals surface area contributed by atoms with Crippen LogP contribution in [0.1, 0.15) is 27.4 Å². The van der Waals surface area contributed by atoms with Crippen molar-refractivity contribution in [3.8, 4) is 6.07 Å². The largest absolute Gasteiger partial charge is 0.293 e. The van der Waals surface area contributed by atoms with Gasteiger partial charge in [-0.05, 0) is 29.7 Å². The predicted molar refractivity (Wildman–Crippen MR) is 75.2 cm³/mol. The first-order valence-corrected chi connectivity index (χ1v) is 6.96. The number of carbonyl (C=O) groups excluding carboxylic acids is 1. The van der Waals surface area contributed by atoms with Crippen molar-refractivity contribution < 1.29 is 9.18 Å². The fraction of sp³-hybridized carbons (Fsp3) is 0.222. The fourth-order valence-electron chi connectivity index (χ4n) is 3.83. The number of ketones is 1. The second kappa shape index (κ2) is 4.02. The number of nitriles is 1. The number of benzene rings is 2. The van der Waals surface area contributed by atoms with Gasteiger partial charge >= 0.3 is 0 Å². The highest BCUT2D eigenvalue weighted by Gasteiger charge is 2.72. The van der Waals surface area contributed by atoms with Crippen LogP contribution in [-0.4, -0.2) is 5.78 Å². The smallest absolute Gasteiger partial charge is 0.171 e. The molecule has 0 saturated heterocycles. The number of hydrogen-bond acceptors (Lipinski definition) is 2. The lowest BCUT2D eigenvalue weighted by molar-refractivity contribution is 0.0908. The average molecular weight is 277 g/mol. The van der Waals surface area contributed by atoms with Crippen molar-refractivity contribution in [2.45, 2.75) is 12.3 Å². The second-order valence-corrected chi connectivity index (χ2v) is 5.84. The number of rotatable bonds is 1. The minimum atomic E-state index is -0.629. The van der Waals surface area contributed by atoms with Crippen LogP contribution in [0.25, 0.3) is 0 Å². The van der Waals surface area contributed by atoms with E-state index in [1.165, 1.54) is 12.1 Å². The maximum Gasteiger partial charge on any atom is 0.171 e. The second-order valence-electron chi connectivity index (χ2n) is 5.84. The van der Waals surface area contributed by atoms with E-state index < -0.39 is 5.41 Å². The Bertz CT molecular complexity index is 790. The van der Waals surface area contributed by atoms with Crippen LogP contribution in [0.5, 0.6) is 0 Å². The topological polar surface area (TPSA) is 40.9 Å². The fourth-order valence-corrected chi connectivity index (χ4v) is 3.83. The Hall–Kier alpha value is -2.47. The minimum absolute atomic E-state index is 0.0685. The van der Waals surface area contributed by atoms with E-state index in [0.717, 1.165) is 16.7 Å². The van der Waals surface area contributed by atoms with E-state index in [1.807, 2.05) is 24.3 Å². The number of nitrogens with zero attached hydrogens (tertiary/aromatic N) is 1. The molecule has 1 saturated carbocycles. The Morgan fingerprint density at radius 1 is 1.14 bits per heavy atom. The van der Waals surface area contributed by atoms with Gasteiger partial charge in [-0.1, -0.05) is 36.4 Å². The summed E-state index contributed by atoms with van der Waals surface area (Å²) in [5.74, 6) is -0.673. The predicted octanol–water partition coefficient (Wildman–Crippen LogP) is 3.49. The van der Waals surface area contributed by atoms with Gasteiger partial charge in [-0.25, -0.2) is 4.39 Å². The molecule has 0 heterocycles. The van der Waals surface area contributed by atoms with Gasteiger partial charge in [0.25, 0.3) is 0 Å². The normalized spacial score (nSPS) is 29.2. The van der Waals surface area contributed by atoms with E-state index in [0.29, 0.717) is 6.42 Å². The zero-order chi connectivity index (χ0) is 14.6. The number of hydrogen-bond donors (Lipinski definition) is 0. The van der Waals surface area contributed by atoms with Crippen molar-refractivity contribution in [3.05, 3.63) is 71.0 Å². The molecule has 1 fully saturated rings. The van der Waals surface area contributed by atoms with Gasteiger partial charge in [-0.2, -0.15) is 5.26 Å². The number of carbonyl (C=O) groups is 1. The van der Waals surface area contributed by atoms with Crippen LogP contribution in [0.3, 0.4) is 0 Å². The molecule has 4 rings (SSSR count). The highest BCUT2D eigenvalue weighted by atomic mass is 19.1. The van der Waals surface area contributed by atoms with Crippen molar-refractivity contribution in [2.24, 2.45) is 11.3 Å². The van der Waals surface area contributed by atoms with Crippen LogP contribution in [0.15, 0.2) is 48.5 Å². The van der Waals surface area contributed by atoms with E-state index in [4.69, 9.17) is 0 Å². The molecule has 0 aliphatic heterocycles. The maximum absolute atomic E-state index is 13.1. The van der Waals surface area contributed by atoms with Gasteiger partial charge in [0.1, 0.15) is 5.82 Å². The van der Waals surface area contributed by atoms with Crippen LogP contribution in [0.4, 0.5) is 4.39 Å². The molecule has 2 unspecified atom stereocenters. The molecule has 0 amide bonds. The summed E-state index contributed by atoms with van der Waals surface area (Å²) >= 11 is 0. The molecule has 0 bridgehead atoms. The first kappa shape index (κ1) is 12.3. The highest BCUT2D eigenvalue weighted by Crippen LogP contribution is 2.69. The number of Topliss-reactive ketones (excluding diaryl/α,β-unsaturated/α-hetero) is 1. The first-order valence-electron chi connectivity index (χ1n) is 6.96. The molecule has 21 heavy (non-hydrogen) atoms. The van der Waals surface area contributed by atoms with Crippen LogP contribution in [0, 0.1) is 28.5 Å². The first-order chi connectivity index (χ1) is 10.2. The molecule has 1 spiro atoms. The molecule has 0 N–H and O–H groups in total. The third-order valence-corrected chi connectivity index (χ3v) is 4.87. The van der Waals surface area contributed by atoms with E-state index in [1.54, 1.807) is 12.1 Å². The van der Waals surface area contributed by atoms with E-state index in [2.05, 4.69) is 6.07 Å². The van der Waals surface area contributed by atoms with E-state index in [-0.39, 0.29) is 23.4 Å². The van der Waals surface area contributed by atoms with Gasteiger partial charge in [0.15, 0.2) is 5.78 Å². The summed E-state index contributed by atoms with van der Waals surface area (Å²) in [6.07, 6.45) is 0.613. The summed E-state index contributed by atoms with van der Waals surface area (Å²) in [6, 6.07) is 16.0. The van der Waals surface area contributed by atoms with Crippen LogP contribution in [0.2, 0.25) is 0 Å². The van der Waals surface area contributed by atoms with Crippen LogP contribution in [-0.2, 0) is 6.42 Å². The molecular weight excluding hydrogens is 265 g/mol. The zero-order valence-corrected chi connectivity index (χ0v) is 11.2. The van der Waals surface area contributed by atoms with Gasteiger partial charge in [-0.3, -0.25) is 4.79 Å². The summed E-state index contributed by atoms with van der Waals surface area (Å²) in [6.45, 7) is 0. The number of halogens is 1. The zero-order valence-electron chi connectivity index (χ0n) is 11.2. The van der Waals surface area contributed by atoms with Crippen LogP contribution < -0.4 is 0 Å². The molecule has 0 aromatic heterocycles. The SMILES string of the molecule is N#CC1C(c2ccc(F)cc2)[C@]12Cc1ccccc1C2=O. The van der Waals surface area contributed by atoms with Gasteiger partial charge in [0, 0.05) is 11.5 Å². The third-order valence-electron chi connectivity index (χ3n) is 4.87. The van der Waals surface area contributed by atoms with Crippen molar-refractivity contribution in [1.82, 2.24) is 0 Å². The van der Waals surface area contributed by atoms with E-state index in [9.17, 15) is 14.4 Å². The Labute approximate surface area is 121 Å². The Morgan fingerprint density at radius 3 is 2.52 bits per heavy atom. The highest BCUT2D eigenvalue weighted by molar-refractivity contribution is 6.08. The molecule has 2 aliphatic rings. The molecule has 3 heteroatoms. The molecule has 3 atom stereocenters. The van der Waals surface area contributed by atoms with Crippen molar-refractivity contribution in [2.75, 3.05) is 0 Å². The summed E-state index contributed by atoms with van der Waals surface area (Å²) < 4.78 is 13.1. The monoisotopic (exact) mass is 277 g/mol. The molecule has 0 radical (unpaired) electrons. The van der Waals surface area contributed by atoms with Crippen LogP contribution >= 0.6 is 0 Å². The Morgan fingerprint density at radius 2 is 1.86 bits per heavy atom. The molecule has 102 valence electrons. The summed E-state index contributed by atoms with van der Waals surface area (Å²) in [5, 5.41) is 9.44. The Balaban J connectivity index is 1.78. The molecule has 2 aliphatic carbocycles. The van der Waals surface area contributed by atoms with Crippen molar-refractivity contribution in [3.63, 3.8) is 0 Å². The lowest BCUT2D eigenvalue weighted by Gasteiger charge is -2.06. The number of fused-ring (bicyclic) bond motifs is 1. The standard InChI is InChI=1S/C18H12FNO/c19-13-7-5-11(6-8-13)16-15(10-20)18(16)9-12-3-1-2-4-14(12)17(18)21/h1-8,15-16H,9H2/t15?,16?,18-/m0/s1. The maximum atomic E-state index is 13.1. The van der Waals surface area contributed by atoms with Gasteiger partial charge < -0.3 is 0 Å². The summed E-state index contributed by atoms with van der Waals surface area (Å²) in [4.78, 5) is 12.8.